The minimum atomic E-state index is 0. The summed E-state index contributed by atoms with van der Waals surface area (Å²) in [6, 6.07) is 0. The van der Waals surface area contributed by atoms with Crippen LogP contribution in [0.5, 0.6) is 0 Å². The third kappa shape index (κ3) is 5.08. The molecular formula is C19H18FeN8+2. The van der Waals surface area contributed by atoms with Gasteiger partial charge in [-0.15, -0.1) is 5.10 Å². The normalized spacial score (nSPS) is 16.7. The zero-order valence-corrected chi connectivity index (χ0v) is 16.0. The summed E-state index contributed by atoms with van der Waals surface area (Å²) in [5.74, 6) is 1.58. The summed E-state index contributed by atoms with van der Waals surface area (Å²) in [7, 11) is 0. The van der Waals surface area contributed by atoms with E-state index in [9.17, 15) is 0 Å². The van der Waals surface area contributed by atoms with Crippen molar-refractivity contribution in [1.29, 1.82) is 0 Å². The van der Waals surface area contributed by atoms with Gasteiger partial charge in [0.2, 0.25) is 0 Å². The summed E-state index contributed by atoms with van der Waals surface area (Å²) in [4.78, 5) is 12.4. The Kier molecular flexibility index (Phi) is 7.39. The molecule has 0 spiro atoms. The fourth-order valence-corrected chi connectivity index (χ4v) is 2.70. The molecule has 0 aliphatic heterocycles. The standard InChI is InChI=1S/C14H13N8.C5H5.Fe/c15-13-12-14(17-8-16-13)21(9-18-12)6-11-7-22(20-19-11)5-10-3-1-2-4-10;1-2-4-5-3-1;/h1-4,7-9H,5-6H2,(H2,15,16,17);1-5H;/q;;+2. The molecule has 2 fully saturated rings. The number of anilines is 1. The molecule has 10 radical (unpaired) electrons. The van der Waals surface area contributed by atoms with Gasteiger partial charge in [-0.3, -0.25) is 4.68 Å². The second-order valence-electron chi connectivity index (χ2n) is 5.97. The number of nitrogen functional groups attached to an aromatic ring is 1. The van der Waals surface area contributed by atoms with Gasteiger partial charge in [0.05, 0.1) is 19.1 Å². The molecule has 3 heterocycles. The fraction of sp³-hybridized carbons (Fsp3) is 0.105. The first-order valence-corrected chi connectivity index (χ1v) is 8.47. The molecule has 0 atom stereocenters. The molecule has 8 nitrogen and oxygen atoms in total. The molecule has 0 unspecified atom stereocenters. The number of hydrogen-bond acceptors (Lipinski definition) is 6. The van der Waals surface area contributed by atoms with Crippen molar-refractivity contribution in [3.05, 3.63) is 88.3 Å². The number of nitrogens with zero attached hydrogens (tertiary/aromatic N) is 7. The van der Waals surface area contributed by atoms with Gasteiger partial charge in [0.15, 0.2) is 11.5 Å². The van der Waals surface area contributed by atoms with E-state index >= 15 is 0 Å². The molecule has 5 rings (SSSR count). The molecule has 2 aliphatic carbocycles. The van der Waals surface area contributed by atoms with E-state index in [1.165, 1.54) is 12.2 Å². The minimum Gasteiger partial charge on any atom is -0.382 e. The van der Waals surface area contributed by atoms with Crippen LogP contribution in [0.3, 0.4) is 0 Å². The van der Waals surface area contributed by atoms with E-state index in [0.717, 1.165) is 5.69 Å². The van der Waals surface area contributed by atoms with Gasteiger partial charge in [-0.2, -0.15) is 0 Å². The smallest absolute Gasteiger partial charge is 0.382 e. The Morgan fingerprint density at radius 2 is 1.57 bits per heavy atom. The van der Waals surface area contributed by atoms with Crippen LogP contribution in [0.2, 0.25) is 0 Å². The summed E-state index contributed by atoms with van der Waals surface area (Å²) in [6.07, 6.45) is 23.2. The molecule has 28 heavy (non-hydrogen) atoms. The maximum Gasteiger partial charge on any atom is 2.00 e. The SMILES string of the molecule is Nc1ncnc2c1ncn2Cc1cn(C[C]2[CH][CH][CH][CH]2)nn1.[CH]1[CH][CH][CH][CH]1.[Fe+2]. The van der Waals surface area contributed by atoms with E-state index in [4.69, 9.17) is 5.73 Å². The van der Waals surface area contributed by atoms with E-state index in [-0.39, 0.29) is 17.1 Å². The molecule has 3 aromatic heterocycles. The first kappa shape index (κ1) is 20.7. The van der Waals surface area contributed by atoms with Crippen LogP contribution in [0.4, 0.5) is 5.82 Å². The minimum absolute atomic E-state index is 0. The number of fused-ring (bicyclic) bond motifs is 1. The van der Waals surface area contributed by atoms with Gasteiger partial charge in [-0.25, -0.2) is 15.0 Å². The van der Waals surface area contributed by atoms with Gasteiger partial charge in [0, 0.05) is 12.5 Å². The maximum absolute atomic E-state index is 5.78. The number of nitrogens with two attached hydrogens (primary N) is 1. The summed E-state index contributed by atoms with van der Waals surface area (Å²) in [6.45, 7) is 1.24. The van der Waals surface area contributed by atoms with E-state index in [0.29, 0.717) is 30.1 Å². The monoisotopic (exact) mass is 414 g/mol. The molecule has 0 amide bonds. The second-order valence-corrected chi connectivity index (χ2v) is 5.97. The van der Waals surface area contributed by atoms with Crippen LogP contribution < -0.4 is 5.73 Å². The molecule has 2 saturated carbocycles. The quantitative estimate of drug-likeness (QED) is 0.649. The molecule has 140 valence electrons. The van der Waals surface area contributed by atoms with Crippen LogP contribution in [0.1, 0.15) is 5.69 Å². The number of rotatable bonds is 4. The van der Waals surface area contributed by atoms with Crippen LogP contribution >= 0.6 is 0 Å². The molecule has 0 saturated heterocycles. The average molecular weight is 414 g/mol. The van der Waals surface area contributed by atoms with Crippen LogP contribution in [0.25, 0.3) is 11.2 Å². The molecular weight excluding hydrogens is 396 g/mol. The Bertz CT molecular complexity index is 856. The summed E-state index contributed by atoms with van der Waals surface area (Å²) in [5.41, 5.74) is 7.92. The van der Waals surface area contributed by atoms with Crippen molar-refractivity contribution in [1.82, 2.24) is 34.5 Å². The van der Waals surface area contributed by atoms with E-state index in [1.54, 1.807) is 6.33 Å². The van der Waals surface area contributed by atoms with Crippen molar-refractivity contribution in [2.24, 2.45) is 0 Å². The molecule has 9 heteroatoms. The van der Waals surface area contributed by atoms with Gasteiger partial charge >= 0.3 is 17.1 Å². The van der Waals surface area contributed by atoms with Crippen LogP contribution in [0.15, 0.2) is 18.9 Å². The predicted molar refractivity (Wildman–Crippen MR) is 101 cm³/mol. The van der Waals surface area contributed by atoms with Gasteiger partial charge in [-0.1, -0.05) is 5.21 Å². The van der Waals surface area contributed by atoms with E-state index < -0.39 is 0 Å². The zero-order chi connectivity index (χ0) is 18.5. The zero-order valence-electron chi connectivity index (χ0n) is 14.9. The summed E-state index contributed by atoms with van der Waals surface area (Å²) < 4.78 is 3.69. The van der Waals surface area contributed by atoms with Crippen LogP contribution in [-0.2, 0) is 30.2 Å². The Morgan fingerprint density at radius 1 is 0.857 bits per heavy atom. The number of aromatic nitrogens is 7. The Labute approximate surface area is 175 Å². The van der Waals surface area contributed by atoms with Crippen molar-refractivity contribution in [3.63, 3.8) is 0 Å². The van der Waals surface area contributed by atoms with Gasteiger partial charge in [0.25, 0.3) is 0 Å². The van der Waals surface area contributed by atoms with Crippen molar-refractivity contribution in [2.45, 2.75) is 13.1 Å². The second kappa shape index (κ2) is 9.98. The Balaban J connectivity index is 0.000000329. The first-order chi connectivity index (χ1) is 13.3. The molecule has 3 aromatic rings. The van der Waals surface area contributed by atoms with Gasteiger partial charge in [-0.05, 0) is 57.8 Å². The molecule has 0 bridgehead atoms. The summed E-state index contributed by atoms with van der Waals surface area (Å²) in [5, 5.41) is 8.34. The molecule has 2 N–H and O–H groups in total. The third-order valence-electron chi connectivity index (χ3n) is 3.98. The van der Waals surface area contributed by atoms with E-state index in [2.05, 4.69) is 38.1 Å². The molecule has 2 aliphatic rings. The van der Waals surface area contributed by atoms with Gasteiger partial charge in [0.1, 0.15) is 17.5 Å². The Morgan fingerprint density at radius 3 is 2.29 bits per heavy atom. The Hall–Kier alpha value is -1.99. The maximum atomic E-state index is 5.78. The van der Waals surface area contributed by atoms with Crippen LogP contribution in [0, 0.1) is 63.7 Å². The van der Waals surface area contributed by atoms with Crippen molar-refractivity contribution >= 4 is 17.0 Å². The first-order valence-electron chi connectivity index (χ1n) is 8.47. The van der Waals surface area contributed by atoms with Gasteiger partial charge < -0.3 is 10.3 Å². The van der Waals surface area contributed by atoms with E-state index in [1.807, 2.05) is 60.4 Å². The topological polar surface area (TPSA) is 100 Å². The van der Waals surface area contributed by atoms with Crippen LogP contribution in [-0.4, -0.2) is 34.5 Å². The van der Waals surface area contributed by atoms with Crippen molar-refractivity contribution in [2.75, 3.05) is 5.73 Å². The number of imidazole rings is 1. The summed E-state index contributed by atoms with van der Waals surface area (Å²) >= 11 is 0. The van der Waals surface area contributed by atoms with Crippen molar-refractivity contribution < 1.29 is 17.1 Å². The third-order valence-corrected chi connectivity index (χ3v) is 3.98. The predicted octanol–water partition coefficient (Wildman–Crippen LogP) is 1.47. The number of hydrogen-bond donors (Lipinski definition) is 1. The largest absolute Gasteiger partial charge is 2.00 e. The fourth-order valence-electron chi connectivity index (χ4n) is 2.70. The average Bonchev–Trinajstić information content (AvgIpc) is 3.46. The molecule has 0 aromatic carbocycles. The van der Waals surface area contributed by atoms with Crippen molar-refractivity contribution in [3.8, 4) is 0 Å².